The van der Waals surface area contributed by atoms with Gasteiger partial charge in [-0.1, -0.05) is 82.3 Å². The monoisotopic (exact) mass is 564 g/mol. The second kappa shape index (κ2) is 10.4. The van der Waals surface area contributed by atoms with E-state index in [4.69, 9.17) is 9.47 Å². The largest absolute Gasteiger partial charge is 0.465 e. The standard InChI is InChI=1S/C33H44N2O6/c1-7-32-16-11-12-19-40-29(39)25(32)24-27(37)35(23(20-36)22-14-9-8-10-15-22)26-28(38)34(18-13-17-33(24,26)41-32)31(5,6)21-30(2,3)4/h8-11,13-17,23-26,36H,7,12,18-21H2,1-6H3/t23-,24+,25-,26?,32+,33+/m1/s1. The van der Waals surface area contributed by atoms with Crippen LogP contribution >= 0.6 is 0 Å². The molecule has 6 atom stereocenters. The first kappa shape index (κ1) is 29.5. The lowest BCUT2D eigenvalue weighted by Crippen LogP contribution is -2.60. The number of amides is 2. The van der Waals surface area contributed by atoms with Gasteiger partial charge >= 0.3 is 5.97 Å². The number of hydrogen-bond acceptors (Lipinski definition) is 6. The number of esters is 1. The maximum absolute atomic E-state index is 14.9. The van der Waals surface area contributed by atoms with Crippen LogP contribution in [0.1, 0.15) is 72.4 Å². The van der Waals surface area contributed by atoms with Gasteiger partial charge in [-0.3, -0.25) is 14.4 Å². The molecule has 41 heavy (non-hydrogen) atoms. The van der Waals surface area contributed by atoms with Crippen LogP contribution < -0.4 is 0 Å². The van der Waals surface area contributed by atoms with Crippen LogP contribution in [-0.2, 0) is 23.9 Å². The van der Waals surface area contributed by atoms with Gasteiger partial charge in [0.15, 0.2) is 0 Å². The van der Waals surface area contributed by atoms with Crippen LogP contribution in [0, 0.1) is 17.3 Å². The Morgan fingerprint density at radius 3 is 2.34 bits per heavy atom. The van der Waals surface area contributed by atoms with E-state index in [2.05, 4.69) is 34.6 Å². The molecular weight excluding hydrogens is 520 g/mol. The number of likely N-dealkylation sites (tertiary alicyclic amines) is 1. The minimum Gasteiger partial charge on any atom is -0.465 e. The first-order valence-corrected chi connectivity index (χ1v) is 14.8. The van der Waals surface area contributed by atoms with Gasteiger partial charge in [-0.05, 0) is 44.1 Å². The topological polar surface area (TPSA) is 96.4 Å². The number of cyclic esters (lactones) is 1. The van der Waals surface area contributed by atoms with Crippen molar-refractivity contribution in [2.45, 2.75) is 89.6 Å². The first-order valence-electron chi connectivity index (χ1n) is 14.8. The van der Waals surface area contributed by atoms with Crippen LogP contribution in [-0.4, -0.2) is 75.2 Å². The Kier molecular flexibility index (Phi) is 7.48. The molecule has 8 heteroatoms. The summed E-state index contributed by atoms with van der Waals surface area (Å²) in [5.74, 6) is -3.01. The van der Waals surface area contributed by atoms with Gasteiger partial charge in [-0.15, -0.1) is 0 Å². The average molecular weight is 565 g/mol. The number of benzene rings is 1. The summed E-state index contributed by atoms with van der Waals surface area (Å²) in [6.07, 6.45) is 9.34. The molecule has 1 unspecified atom stereocenters. The molecule has 0 bridgehead atoms. The summed E-state index contributed by atoms with van der Waals surface area (Å²) in [6, 6.07) is 7.38. The molecule has 0 radical (unpaired) electrons. The molecule has 222 valence electrons. The predicted molar refractivity (Wildman–Crippen MR) is 154 cm³/mol. The number of nitrogens with zero attached hydrogens (tertiary/aromatic N) is 2. The molecule has 0 aromatic heterocycles. The van der Waals surface area contributed by atoms with Crippen LogP contribution in [0.15, 0.2) is 54.6 Å². The van der Waals surface area contributed by atoms with Crippen LogP contribution in [0.2, 0.25) is 0 Å². The molecular formula is C33H44N2O6. The molecule has 1 aromatic carbocycles. The minimum absolute atomic E-state index is 0.0565. The number of aliphatic hydroxyl groups is 1. The van der Waals surface area contributed by atoms with Gasteiger partial charge in [0, 0.05) is 12.1 Å². The Labute approximate surface area is 243 Å². The fraction of sp³-hybridized carbons (Fsp3) is 0.606. The molecule has 0 aliphatic carbocycles. The molecule has 1 spiro atoms. The molecule has 1 N–H and O–H groups in total. The summed E-state index contributed by atoms with van der Waals surface area (Å²) in [5.41, 5.74) is -2.39. The lowest BCUT2D eigenvalue weighted by atomic mass is 9.73. The lowest BCUT2D eigenvalue weighted by molar-refractivity contribution is -0.165. The van der Waals surface area contributed by atoms with Crippen molar-refractivity contribution < 1.29 is 29.0 Å². The van der Waals surface area contributed by atoms with E-state index in [1.807, 2.05) is 66.5 Å². The van der Waals surface area contributed by atoms with Gasteiger partial charge in [0.1, 0.15) is 23.2 Å². The number of carbonyl (C=O) groups excluding carboxylic acids is 3. The fourth-order valence-corrected chi connectivity index (χ4v) is 7.97. The van der Waals surface area contributed by atoms with E-state index < -0.39 is 46.6 Å². The highest BCUT2D eigenvalue weighted by molar-refractivity contribution is 5.99. The first-order chi connectivity index (χ1) is 19.3. The Morgan fingerprint density at radius 1 is 1.00 bits per heavy atom. The van der Waals surface area contributed by atoms with E-state index in [-0.39, 0.29) is 30.4 Å². The van der Waals surface area contributed by atoms with Crippen molar-refractivity contribution in [1.82, 2.24) is 9.80 Å². The summed E-state index contributed by atoms with van der Waals surface area (Å²) in [5, 5.41) is 10.7. The van der Waals surface area contributed by atoms with Crippen LogP contribution in [0.5, 0.6) is 0 Å². The highest BCUT2D eigenvalue weighted by Gasteiger charge is 2.76. The molecule has 0 saturated carbocycles. The number of ether oxygens (including phenoxy) is 2. The number of hydrogen-bond donors (Lipinski definition) is 1. The SMILES string of the molecule is CC[C@]12C=CCCOC(=O)[C@H]1[C@H]1C(=O)N([C@H](CO)c3ccccc3)C3C(=O)N(C(C)(C)CC(C)(C)C)CC=C[C@@]31O2. The molecule has 4 aliphatic heterocycles. The quantitative estimate of drug-likeness (QED) is 0.411. The number of aliphatic hydroxyl groups excluding tert-OH is 1. The van der Waals surface area contributed by atoms with Crippen LogP contribution in [0.25, 0.3) is 0 Å². The van der Waals surface area contributed by atoms with E-state index in [9.17, 15) is 19.5 Å². The van der Waals surface area contributed by atoms with Crippen LogP contribution in [0.4, 0.5) is 0 Å². The summed E-state index contributed by atoms with van der Waals surface area (Å²) in [4.78, 5) is 46.6. The molecule has 1 aromatic rings. The smallest absolute Gasteiger partial charge is 0.313 e. The maximum atomic E-state index is 14.9. The van der Waals surface area contributed by atoms with Gasteiger partial charge in [0.05, 0.1) is 25.2 Å². The number of carbonyl (C=O) groups is 3. The van der Waals surface area contributed by atoms with Crippen molar-refractivity contribution in [1.29, 1.82) is 0 Å². The minimum atomic E-state index is -1.41. The Bertz CT molecular complexity index is 1250. The van der Waals surface area contributed by atoms with E-state index >= 15 is 0 Å². The summed E-state index contributed by atoms with van der Waals surface area (Å²) >= 11 is 0. The van der Waals surface area contributed by atoms with Gasteiger partial charge in [0.2, 0.25) is 11.8 Å². The Balaban J connectivity index is 1.71. The van der Waals surface area contributed by atoms with Crippen molar-refractivity contribution in [2.75, 3.05) is 19.8 Å². The van der Waals surface area contributed by atoms with Crippen LogP contribution in [0.3, 0.4) is 0 Å². The van der Waals surface area contributed by atoms with Gasteiger partial charge in [0.25, 0.3) is 0 Å². The molecule has 5 rings (SSSR count). The van der Waals surface area contributed by atoms with E-state index in [1.54, 1.807) is 0 Å². The molecule has 2 saturated heterocycles. The summed E-state index contributed by atoms with van der Waals surface area (Å²) < 4.78 is 12.6. The zero-order valence-electron chi connectivity index (χ0n) is 25.1. The highest BCUT2D eigenvalue weighted by atomic mass is 16.6. The van der Waals surface area contributed by atoms with Gasteiger partial charge in [-0.25, -0.2) is 0 Å². The zero-order chi connectivity index (χ0) is 29.8. The number of rotatable bonds is 6. The predicted octanol–water partition coefficient (Wildman–Crippen LogP) is 4.20. The van der Waals surface area contributed by atoms with Crippen molar-refractivity contribution >= 4 is 17.8 Å². The molecule has 8 nitrogen and oxygen atoms in total. The normalized spacial score (nSPS) is 32.6. The molecule has 2 fully saturated rings. The second-order valence-corrected chi connectivity index (χ2v) is 13.7. The third-order valence-corrected chi connectivity index (χ3v) is 9.23. The average Bonchev–Trinajstić information content (AvgIpc) is 3.24. The van der Waals surface area contributed by atoms with Crippen molar-refractivity contribution in [3.63, 3.8) is 0 Å². The summed E-state index contributed by atoms with van der Waals surface area (Å²) in [6.45, 7) is 12.7. The van der Waals surface area contributed by atoms with Gasteiger partial charge < -0.3 is 24.4 Å². The zero-order valence-corrected chi connectivity index (χ0v) is 25.1. The third kappa shape index (κ3) is 4.73. The molecule has 4 aliphatic rings. The Morgan fingerprint density at radius 2 is 1.71 bits per heavy atom. The van der Waals surface area contributed by atoms with Crippen molar-refractivity contribution in [2.24, 2.45) is 17.3 Å². The molecule has 2 amide bonds. The lowest BCUT2D eigenvalue weighted by Gasteiger charge is -2.46. The summed E-state index contributed by atoms with van der Waals surface area (Å²) in [7, 11) is 0. The van der Waals surface area contributed by atoms with Crippen molar-refractivity contribution in [3.05, 3.63) is 60.2 Å². The maximum Gasteiger partial charge on any atom is 0.313 e. The Hall–Kier alpha value is -2.97. The second-order valence-electron chi connectivity index (χ2n) is 13.7. The van der Waals surface area contributed by atoms with Crippen molar-refractivity contribution in [3.8, 4) is 0 Å². The van der Waals surface area contributed by atoms with E-state index in [1.165, 1.54) is 4.90 Å². The number of fused-ring (bicyclic) bond motifs is 2. The van der Waals surface area contributed by atoms with Gasteiger partial charge in [-0.2, -0.15) is 0 Å². The van der Waals surface area contributed by atoms with E-state index in [0.29, 0.717) is 24.9 Å². The molecule has 4 heterocycles. The van der Waals surface area contributed by atoms with E-state index in [0.717, 1.165) is 6.42 Å². The third-order valence-electron chi connectivity index (χ3n) is 9.23. The highest BCUT2D eigenvalue weighted by Crippen LogP contribution is 2.59. The fourth-order valence-electron chi connectivity index (χ4n) is 7.97.